The van der Waals surface area contributed by atoms with Gasteiger partial charge in [-0.1, -0.05) is 6.07 Å². The molecule has 0 saturated carbocycles. The molecule has 0 aliphatic carbocycles. The fourth-order valence-electron chi connectivity index (χ4n) is 1.78. The lowest BCUT2D eigenvalue weighted by Gasteiger charge is -2.26. The van der Waals surface area contributed by atoms with Gasteiger partial charge in [0.2, 0.25) is 5.91 Å². The maximum atomic E-state index is 11.7. The minimum absolute atomic E-state index is 0.0625. The number of aldehydes is 1. The van der Waals surface area contributed by atoms with E-state index in [1.807, 2.05) is 0 Å². The summed E-state index contributed by atoms with van der Waals surface area (Å²) < 4.78 is 0. The summed E-state index contributed by atoms with van der Waals surface area (Å²) in [5, 5.41) is 12.4. The predicted octanol–water partition coefficient (Wildman–Crippen LogP) is 0.545. The van der Waals surface area contributed by atoms with E-state index in [2.05, 4.69) is 0 Å². The van der Waals surface area contributed by atoms with E-state index < -0.39 is 0 Å². The number of benzene rings is 1. The number of carbonyl (C=O) groups excluding carboxylic acids is 2. The first-order valence-corrected chi connectivity index (χ1v) is 5.03. The summed E-state index contributed by atoms with van der Waals surface area (Å²) in [6.07, 6.45) is 1.15. The maximum Gasteiger partial charge on any atom is 0.242 e. The van der Waals surface area contributed by atoms with Gasteiger partial charge in [0.25, 0.3) is 0 Å². The molecule has 84 valence electrons. The van der Waals surface area contributed by atoms with Crippen molar-refractivity contribution < 1.29 is 14.7 Å². The fourth-order valence-corrected chi connectivity index (χ4v) is 1.78. The molecule has 0 radical (unpaired) electrons. The van der Waals surface area contributed by atoms with Crippen LogP contribution in [0.3, 0.4) is 0 Å². The van der Waals surface area contributed by atoms with Crippen LogP contribution in [0, 0.1) is 0 Å². The average Bonchev–Trinajstić information content (AvgIpc) is 2.60. The van der Waals surface area contributed by atoms with E-state index in [1.54, 1.807) is 17.1 Å². The van der Waals surface area contributed by atoms with Crippen molar-refractivity contribution in [2.75, 3.05) is 18.1 Å². The number of carbonyl (C=O) groups is 2. The molecule has 16 heavy (non-hydrogen) atoms. The summed E-state index contributed by atoms with van der Waals surface area (Å²) in [4.78, 5) is 22.1. The molecule has 1 amide bonds. The van der Waals surface area contributed by atoms with Crippen LogP contribution in [-0.4, -0.2) is 35.4 Å². The van der Waals surface area contributed by atoms with E-state index in [1.165, 1.54) is 17.1 Å². The number of hydrogen-bond acceptors (Lipinski definition) is 4. The summed E-state index contributed by atoms with van der Waals surface area (Å²) >= 11 is 0. The summed E-state index contributed by atoms with van der Waals surface area (Å²) in [5.74, 6) is 0.0377. The highest BCUT2D eigenvalue weighted by molar-refractivity contribution is 5.94. The number of hydrogen-bond donors (Lipinski definition) is 1. The van der Waals surface area contributed by atoms with E-state index in [-0.39, 0.29) is 18.2 Å². The van der Waals surface area contributed by atoms with Crippen molar-refractivity contribution in [3.63, 3.8) is 0 Å². The molecule has 0 atom stereocenters. The quantitative estimate of drug-likeness (QED) is 0.755. The third-order valence-corrected chi connectivity index (χ3v) is 2.46. The lowest BCUT2D eigenvalue weighted by Crippen LogP contribution is -2.40. The molecule has 5 nitrogen and oxygen atoms in total. The van der Waals surface area contributed by atoms with Gasteiger partial charge in [-0.25, -0.2) is 10.0 Å². The van der Waals surface area contributed by atoms with Gasteiger partial charge in [-0.05, 0) is 12.1 Å². The van der Waals surface area contributed by atoms with Crippen LogP contribution in [0.15, 0.2) is 24.3 Å². The zero-order valence-electron chi connectivity index (χ0n) is 8.67. The molecule has 2 rings (SSSR count). The molecule has 1 fully saturated rings. The van der Waals surface area contributed by atoms with Crippen LogP contribution >= 0.6 is 0 Å². The molecule has 1 aliphatic rings. The molecule has 1 saturated heterocycles. The van der Waals surface area contributed by atoms with Crippen molar-refractivity contribution in [2.24, 2.45) is 0 Å². The second-order valence-corrected chi connectivity index (χ2v) is 3.55. The van der Waals surface area contributed by atoms with Crippen LogP contribution in [0.25, 0.3) is 0 Å². The highest BCUT2D eigenvalue weighted by Gasteiger charge is 2.29. The Morgan fingerprint density at radius 2 is 2.25 bits per heavy atom. The van der Waals surface area contributed by atoms with Crippen LogP contribution in [-0.2, 0) is 9.59 Å². The zero-order valence-corrected chi connectivity index (χ0v) is 8.67. The number of rotatable bonds is 3. The molecule has 1 heterocycles. The number of aromatic hydroxyl groups is 1. The Bertz CT molecular complexity index is 419. The Hall–Kier alpha value is -1.88. The molecule has 0 spiro atoms. The lowest BCUT2D eigenvalue weighted by molar-refractivity contribution is -0.118. The number of phenols is 1. The summed E-state index contributed by atoms with van der Waals surface area (Å²) in [7, 11) is 0. The molecule has 1 aliphatic heterocycles. The predicted molar refractivity (Wildman–Crippen MR) is 57.8 cm³/mol. The monoisotopic (exact) mass is 220 g/mol. The second-order valence-electron chi connectivity index (χ2n) is 3.55. The first-order valence-electron chi connectivity index (χ1n) is 5.03. The largest absolute Gasteiger partial charge is 0.508 e. The van der Waals surface area contributed by atoms with Gasteiger partial charge >= 0.3 is 0 Å². The number of phenolic OH excluding ortho intramolecular Hbond substituents is 1. The molecule has 5 heteroatoms. The number of amides is 1. The van der Waals surface area contributed by atoms with E-state index in [0.717, 1.165) is 6.29 Å². The highest BCUT2D eigenvalue weighted by atomic mass is 16.3. The second kappa shape index (κ2) is 4.32. The topological polar surface area (TPSA) is 60.9 Å². The van der Waals surface area contributed by atoms with Crippen LogP contribution in [0.1, 0.15) is 6.42 Å². The molecule has 1 aromatic carbocycles. The van der Waals surface area contributed by atoms with Gasteiger partial charge in [0.1, 0.15) is 12.0 Å². The van der Waals surface area contributed by atoms with Crippen molar-refractivity contribution in [1.29, 1.82) is 0 Å². The average molecular weight is 220 g/mol. The van der Waals surface area contributed by atoms with Gasteiger partial charge in [0.15, 0.2) is 0 Å². The van der Waals surface area contributed by atoms with Crippen molar-refractivity contribution >= 4 is 17.9 Å². The Labute approximate surface area is 92.9 Å². The molecule has 1 N–H and O–H groups in total. The van der Waals surface area contributed by atoms with Crippen molar-refractivity contribution in [2.45, 2.75) is 6.42 Å². The Morgan fingerprint density at radius 1 is 1.44 bits per heavy atom. The number of anilines is 1. The van der Waals surface area contributed by atoms with E-state index in [9.17, 15) is 14.7 Å². The smallest absolute Gasteiger partial charge is 0.242 e. The Kier molecular flexibility index (Phi) is 2.87. The van der Waals surface area contributed by atoms with Gasteiger partial charge < -0.3 is 9.90 Å². The third kappa shape index (κ3) is 1.90. The van der Waals surface area contributed by atoms with Crippen molar-refractivity contribution in [3.05, 3.63) is 24.3 Å². The van der Waals surface area contributed by atoms with Crippen LogP contribution in [0.5, 0.6) is 5.75 Å². The van der Waals surface area contributed by atoms with Gasteiger partial charge in [-0.15, -0.1) is 0 Å². The van der Waals surface area contributed by atoms with Crippen LogP contribution < -0.4 is 5.01 Å². The maximum absolute atomic E-state index is 11.7. The van der Waals surface area contributed by atoms with E-state index >= 15 is 0 Å². The Balaban J connectivity index is 2.29. The molecule has 0 bridgehead atoms. The molecular weight excluding hydrogens is 208 g/mol. The minimum atomic E-state index is -0.0625. The van der Waals surface area contributed by atoms with E-state index in [0.29, 0.717) is 18.7 Å². The van der Waals surface area contributed by atoms with Gasteiger partial charge in [0, 0.05) is 19.0 Å². The molecule has 0 unspecified atom stereocenters. The first-order chi connectivity index (χ1) is 7.72. The number of nitrogens with zero attached hydrogens (tertiary/aromatic N) is 2. The number of hydrazine groups is 1. The van der Waals surface area contributed by atoms with Gasteiger partial charge in [-0.3, -0.25) is 4.79 Å². The molecule has 0 aromatic heterocycles. The Morgan fingerprint density at radius 3 is 2.94 bits per heavy atom. The summed E-state index contributed by atoms with van der Waals surface area (Å²) in [5.41, 5.74) is 0.587. The normalized spacial score (nSPS) is 16.8. The van der Waals surface area contributed by atoms with Crippen LogP contribution in [0.2, 0.25) is 0 Å². The van der Waals surface area contributed by atoms with E-state index in [4.69, 9.17) is 0 Å². The van der Waals surface area contributed by atoms with Crippen molar-refractivity contribution in [3.8, 4) is 5.75 Å². The lowest BCUT2D eigenvalue weighted by atomic mass is 10.3. The summed E-state index contributed by atoms with van der Waals surface area (Å²) in [6.45, 7) is 0.717. The third-order valence-electron chi connectivity index (χ3n) is 2.46. The standard InChI is InChI=1S/C11H12N2O3/c14-7-6-12-5-4-11(16)13(12)9-2-1-3-10(15)8-9/h1-3,7-8,15H,4-6H2. The minimum Gasteiger partial charge on any atom is -0.508 e. The van der Waals surface area contributed by atoms with Crippen LogP contribution in [0.4, 0.5) is 5.69 Å². The van der Waals surface area contributed by atoms with Gasteiger partial charge in [0.05, 0.1) is 12.2 Å². The SMILES string of the molecule is O=CCN1CCC(=O)N1c1cccc(O)c1. The fraction of sp³-hybridized carbons (Fsp3) is 0.273. The van der Waals surface area contributed by atoms with Gasteiger partial charge in [-0.2, -0.15) is 0 Å². The van der Waals surface area contributed by atoms with Crippen molar-refractivity contribution in [1.82, 2.24) is 5.01 Å². The first kappa shape index (κ1) is 10.6. The highest BCUT2D eigenvalue weighted by Crippen LogP contribution is 2.25. The molecular formula is C11H12N2O3. The summed E-state index contributed by atoms with van der Waals surface area (Å²) in [6, 6.07) is 6.42. The molecule has 1 aromatic rings. The zero-order chi connectivity index (χ0) is 11.5.